The zero-order valence-electron chi connectivity index (χ0n) is 9.91. The summed E-state index contributed by atoms with van der Waals surface area (Å²) in [5.74, 6) is 0.257. The van der Waals surface area contributed by atoms with Gasteiger partial charge in [0.2, 0.25) is 11.8 Å². The maximum absolute atomic E-state index is 12.0. The van der Waals surface area contributed by atoms with Gasteiger partial charge in [-0.05, 0) is 25.5 Å². The summed E-state index contributed by atoms with van der Waals surface area (Å²) in [5, 5.41) is 5.40. The second kappa shape index (κ2) is 4.16. The van der Waals surface area contributed by atoms with Crippen LogP contribution in [0.5, 0.6) is 0 Å². The molecular weight excluding hydrogens is 218 g/mol. The molecule has 1 aliphatic heterocycles. The van der Waals surface area contributed by atoms with Crippen LogP contribution in [0, 0.1) is 12.3 Å². The fourth-order valence-electron chi connectivity index (χ4n) is 1.74. The van der Waals surface area contributed by atoms with Crippen molar-refractivity contribution in [3.05, 3.63) is 23.9 Å². The van der Waals surface area contributed by atoms with Gasteiger partial charge in [0, 0.05) is 19.2 Å². The average Bonchev–Trinajstić information content (AvgIpc) is 2.63. The van der Waals surface area contributed by atoms with Gasteiger partial charge in [-0.1, -0.05) is 6.07 Å². The first-order chi connectivity index (χ1) is 7.99. The first-order valence-corrected chi connectivity index (χ1v) is 5.50. The van der Waals surface area contributed by atoms with Gasteiger partial charge in [0.25, 0.3) is 0 Å². The maximum atomic E-state index is 12.0. The molecule has 0 spiro atoms. The van der Waals surface area contributed by atoms with Crippen molar-refractivity contribution in [2.45, 2.75) is 20.3 Å². The van der Waals surface area contributed by atoms with Gasteiger partial charge in [-0.15, -0.1) is 0 Å². The number of amides is 2. The number of aromatic nitrogens is 1. The third-order valence-electron chi connectivity index (χ3n) is 2.93. The third-order valence-corrected chi connectivity index (χ3v) is 2.93. The summed E-state index contributed by atoms with van der Waals surface area (Å²) in [5.41, 5.74) is 0.357. The van der Waals surface area contributed by atoms with Crippen molar-refractivity contribution in [2.75, 3.05) is 11.9 Å². The minimum Gasteiger partial charge on any atom is -0.355 e. The van der Waals surface area contributed by atoms with Crippen LogP contribution in [-0.4, -0.2) is 23.3 Å². The van der Waals surface area contributed by atoms with Crippen LogP contribution in [0.15, 0.2) is 18.3 Å². The van der Waals surface area contributed by atoms with Gasteiger partial charge in [0.05, 0.1) is 5.41 Å². The molecule has 1 unspecified atom stereocenters. The zero-order valence-corrected chi connectivity index (χ0v) is 9.91. The number of carbonyl (C=O) groups excluding carboxylic acids is 2. The Morgan fingerprint density at radius 3 is 2.82 bits per heavy atom. The molecule has 2 heterocycles. The van der Waals surface area contributed by atoms with Crippen LogP contribution in [-0.2, 0) is 9.59 Å². The fourth-order valence-corrected chi connectivity index (χ4v) is 1.74. The summed E-state index contributed by atoms with van der Waals surface area (Å²) in [6.45, 7) is 4.08. The summed E-state index contributed by atoms with van der Waals surface area (Å²) in [6, 6.07) is 3.63. The number of rotatable bonds is 2. The van der Waals surface area contributed by atoms with Gasteiger partial charge in [0.15, 0.2) is 0 Å². The minimum atomic E-state index is -0.677. The number of carbonyl (C=O) groups is 2. The number of anilines is 1. The van der Waals surface area contributed by atoms with E-state index in [2.05, 4.69) is 15.6 Å². The first-order valence-electron chi connectivity index (χ1n) is 5.50. The lowest BCUT2D eigenvalue weighted by molar-refractivity contribution is -0.126. The van der Waals surface area contributed by atoms with Crippen LogP contribution in [0.3, 0.4) is 0 Å². The summed E-state index contributed by atoms with van der Waals surface area (Å²) >= 11 is 0. The van der Waals surface area contributed by atoms with Gasteiger partial charge in [-0.2, -0.15) is 0 Å². The van der Waals surface area contributed by atoms with E-state index < -0.39 is 5.41 Å². The molecule has 1 aliphatic rings. The van der Waals surface area contributed by atoms with E-state index in [1.54, 1.807) is 19.2 Å². The van der Waals surface area contributed by atoms with Gasteiger partial charge in [-0.3, -0.25) is 9.59 Å². The molecule has 0 bridgehead atoms. The second-order valence-electron chi connectivity index (χ2n) is 4.69. The van der Waals surface area contributed by atoms with Crippen molar-refractivity contribution in [1.29, 1.82) is 0 Å². The summed E-state index contributed by atoms with van der Waals surface area (Å²) in [7, 11) is 0. The van der Waals surface area contributed by atoms with Crippen molar-refractivity contribution < 1.29 is 9.59 Å². The van der Waals surface area contributed by atoms with Crippen LogP contribution < -0.4 is 10.6 Å². The number of nitrogens with zero attached hydrogens (tertiary/aromatic N) is 1. The largest absolute Gasteiger partial charge is 0.355 e. The fraction of sp³-hybridized carbons (Fsp3) is 0.417. The maximum Gasteiger partial charge on any atom is 0.233 e. The van der Waals surface area contributed by atoms with Crippen LogP contribution in [0.25, 0.3) is 0 Å². The molecule has 0 saturated carbocycles. The Morgan fingerprint density at radius 2 is 2.29 bits per heavy atom. The smallest absolute Gasteiger partial charge is 0.233 e. The Bertz CT molecular complexity index is 455. The molecule has 2 rings (SSSR count). The Morgan fingerprint density at radius 1 is 1.53 bits per heavy atom. The average molecular weight is 233 g/mol. The molecular formula is C12H15N3O2. The van der Waals surface area contributed by atoms with Crippen molar-refractivity contribution in [3.63, 3.8) is 0 Å². The molecule has 0 radical (unpaired) electrons. The molecule has 2 N–H and O–H groups in total. The van der Waals surface area contributed by atoms with Crippen LogP contribution >= 0.6 is 0 Å². The van der Waals surface area contributed by atoms with Crippen LogP contribution in [0.2, 0.25) is 0 Å². The normalized spacial score (nSPS) is 23.3. The van der Waals surface area contributed by atoms with E-state index in [4.69, 9.17) is 0 Å². The molecule has 0 aromatic carbocycles. The number of pyridine rings is 1. The van der Waals surface area contributed by atoms with Crippen molar-refractivity contribution in [3.8, 4) is 0 Å². The number of nitrogens with one attached hydrogen (secondary N) is 2. The lowest BCUT2D eigenvalue weighted by Crippen LogP contribution is -2.35. The lowest BCUT2D eigenvalue weighted by atomic mass is 9.88. The summed E-state index contributed by atoms with van der Waals surface area (Å²) in [6.07, 6.45) is 1.92. The molecule has 0 aliphatic carbocycles. The second-order valence-corrected chi connectivity index (χ2v) is 4.69. The van der Waals surface area contributed by atoms with E-state index in [0.717, 1.165) is 5.56 Å². The molecule has 1 saturated heterocycles. The molecule has 1 aromatic heterocycles. The number of aryl methyl sites for hydroxylation is 1. The van der Waals surface area contributed by atoms with Gasteiger partial charge >= 0.3 is 0 Å². The van der Waals surface area contributed by atoms with Crippen molar-refractivity contribution >= 4 is 17.6 Å². The predicted octanol–water partition coefficient (Wildman–Crippen LogP) is 0.855. The Kier molecular flexibility index (Phi) is 2.83. The van der Waals surface area contributed by atoms with E-state index >= 15 is 0 Å². The van der Waals surface area contributed by atoms with Gasteiger partial charge in [-0.25, -0.2) is 4.98 Å². The van der Waals surface area contributed by atoms with E-state index in [1.807, 2.05) is 13.0 Å². The summed E-state index contributed by atoms with van der Waals surface area (Å²) < 4.78 is 0. The molecule has 5 nitrogen and oxygen atoms in total. The Hall–Kier alpha value is -1.91. The highest BCUT2D eigenvalue weighted by Crippen LogP contribution is 2.26. The monoisotopic (exact) mass is 233 g/mol. The predicted molar refractivity (Wildman–Crippen MR) is 63.3 cm³/mol. The number of hydrogen-bond acceptors (Lipinski definition) is 3. The minimum absolute atomic E-state index is 0.0838. The molecule has 1 fully saturated rings. The van der Waals surface area contributed by atoms with Crippen molar-refractivity contribution in [1.82, 2.24) is 10.3 Å². The SMILES string of the molecule is Cc1ccc(NC(=O)C2(C)CNC(=O)C2)nc1. The third kappa shape index (κ3) is 2.43. The van der Waals surface area contributed by atoms with Gasteiger partial charge in [0.1, 0.15) is 5.82 Å². The Balaban J connectivity index is 2.06. The lowest BCUT2D eigenvalue weighted by Gasteiger charge is -2.19. The summed E-state index contributed by atoms with van der Waals surface area (Å²) in [4.78, 5) is 27.3. The van der Waals surface area contributed by atoms with Crippen LogP contribution in [0.4, 0.5) is 5.82 Å². The molecule has 2 amide bonds. The van der Waals surface area contributed by atoms with E-state index in [0.29, 0.717) is 12.4 Å². The molecule has 1 atom stereocenters. The van der Waals surface area contributed by atoms with Crippen LogP contribution in [0.1, 0.15) is 18.9 Å². The zero-order chi connectivity index (χ0) is 12.5. The van der Waals surface area contributed by atoms with Crippen molar-refractivity contribution in [2.24, 2.45) is 5.41 Å². The highest BCUT2D eigenvalue weighted by atomic mass is 16.2. The Labute approximate surface area is 99.6 Å². The molecule has 17 heavy (non-hydrogen) atoms. The van der Waals surface area contributed by atoms with Gasteiger partial charge < -0.3 is 10.6 Å². The first kappa shape index (κ1) is 11.6. The topological polar surface area (TPSA) is 71.1 Å². The standard InChI is InChI=1S/C12H15N3O2/c1-8-3-4-9(13-6-8)15-11(17)12(2)5-10(16)14-7-12/h3-4,6H,5,7H2,1-2H3,(H,14,16)(H,13,15,17). The highest BCUT2D eigenvalue weighted by molar-refractivity contribution is 5.99. The van der Waals surface area contributed by atoms with E-state index in [-0.39, 0.29) is 18.2 Å². The molecule has 5 heteroatoms. The van der Waals surface area contributed by atoms with E-state index in [1.165, 1.54) is 0 Å². The molecule has 1 aromatic rings. The molecule has 90 valence electrons. The number of hydrogen-bond donors (Lipinski definition) is 2. The highest BCUT2D eigenvalue weighted by Gasteiger charge is 2.40. The van der Waals surface area contributed by atoms with E-state index in [9.17, 15) is 9.59 Å². The quantitative estimate of drug-likeness (QED) is 0.795.